The maximum atomic E-state index is 11.7. The number of thioether (sulfide) groups is 1. The Morgan fingerprint density at radius 1 is 1.17 bits per heavy atom. The van der Waals surface area contributed by atoms with Gasteiger partial charge in [0.1, 0.15) is 5.76 Å². The van der Waals surface area contributed by atoms with Crippen molar-refractivity contribution < 1.29 is 13.7 Å². The van der Waals surface area contributed by atoms with E-state index in [0.717, 1.165) is 11.3 Å². The van der Waals surface area contributed by atoms with Gasteiger partial charge in [-0.15, -0.1) is 11.8 Å². The highest BCUT2D eigenvalue weighted by Gasteiger charge is 2.09. The van der Waals surface area contributed by atoms with Crippen LogP contribution in [0.15, 0.2) is 57.7 Å². The summed E-state index contributed by atoms with van der Waals surface area (Å²) < 4.78 is 10.3. The van der Waals surface area contributed by atoms with Crippen LogP contribution in [0.3, 0.4) is 0 Å². The molecule has 0 saturated heterocycles. The molecule has 6 nitrogen and oxygen atoms in total. The Bertz CT molecular complexity index is 741. The third-order valence-electron chi connectivity index (χ3n) is 3.00. The lowest BCUT2D eigenvalue weighted by Crippen LogP contribution is -2.24. The van der Waals surface area contributed by atoms with Gasteiger partial charge in [-0.3, -0.25) is 4.79 Å². The molecular weight excluding hydrogens is 314 g/mol. The Morgan fingerprint density at radius 2 is 2.04 bits per heavy atom. The zero-order valence-electron chi connectivity index (χ0n) is 12.3. The van der Waals surface area contributed by atoms with Crippen LogP contribution in [0.4, 0.5) is 0 Å². The van der Waals surface area contributed by atoms with Gasteiger partial charge in [0.05, 0.1) is 24.3 Å². The first-order valence-electron chi connectivity index (χ1n) is 7.06. The van der Waals surface area contributed by atoms with Gasteiger partial charge in [-0.25, -0.2) is 0 Å². The molecule has 0 bridgehead atoms. The molecule has 0 aliphatic carbocycles. The molecule has 0 spiro atoms. The second kappa shape index (κ2) is 7.64. The Hall–Kier alpha value is -2.54. The number of furan rings is 1. The van der Waals surface area contributed by atoms with Crippen LogP contribution in [0.2, 0.25) is 0 Å². The van der Waals surface area contributed by atoms with Gasteiger partial charge < -0.3 is 14.3 Å². The molecule has 3 rings (SSSR count). The van der Waals surface area contributed by atoms with Gasteiger partial charge in [0.25, 0.3) is 0 Å². The highest BCUT2D eigenvalue weighted by atomic mass is 32.2. The number of aromatic nitrogens is 2. The molecule has 0 aliphatic rings. The van der Waals surface area contributed by atoms with Crippen molar-refractivity contribution in [1.82, 2.24) is 15.5 Å². The van der Waals surface area contributed by atoms with Gasteiger partial charge in [0, 0.05) is 5.56 Å². The molecule has 1 N–H and O–H groups in total. The number of carbonyl (C=O) groups excluding carboxylic acids is 1. The van der Waals surface area contributed by atoms with E-state index >= 15 is 0 Å². The van der Waals surface area contributed by atoms with E-state index in [-0.39, 0.29) is 5.91 Å². The molecule has 0 radical (unpaired) electrons. The van der Waals surface area contributed by atoms with E-state index in [9.17, 15) is 4.79 Å². The second-order valence-electron chi connectivity index (χ2n) is 4.73. The third kappa shape index (κ3) is 4.46. The minimum absolute atomic E-state index is 0.0609. The summed E-state index contributed by atoms with van der Waals surface area (Å²) in [7, 11) is 0. The lowest BCUT2D eigenvalue weighted by molar-refractivity contribution is -0.118. The SMILES string of the molecule is O=C(CSCc1nc(-c2ccccc2)no1)NCc1ccco1. The molecule has 0 atom stereocenters. The van der Waals surface area contributed by atoms with Gasteiger partial charge in [-0.1, -0.05) is 35.5 Å². The molecular formula is C16H15N3O3S. The van der Waals surface area contributed by atoms with Crippen LogP contribution in [0.5, 0.6) is 0 Å². The van der Waals surface area contributed by atoms with Crippen molar-refractivity contribution >= 4 is 17.7 Å². The van der Waals surface area contributed by atoms with E-state index in [1.165, 1.54) is 11.8 Å². The molecule has 2 aromatic heterocycles. The highest BCUT2D eigenvalue weighted by molar-refractivity contribution is 7.99. The zero-order chi connectivity index (χ0) is 15.9. The lowest BCUT2D eigenvalue weighted by Gasteiger charge is -2.01. The summed E-state index contributed by atoms with van der Waals surface area (Å²) in [5.41, 5.74) is 0.906. The minimum Gasteiger partial charge on any atom is -0.467 e. The fourth-order valence-electron chi connectivity index (χ4n) is 1.90. The second-order valence-corrected chi connectivity index (χ2v) is 5.71. The zero-order valence-corrected chi connectivity index (χ0v) is 13.1. The molecule has 0 aliphatic heterocycles. The van der Waals surface area contributed by atoms with Crippen LogP contribution >= 0.6 is 11.8 Å². The van der Waals surface area contributed by atoms with E-state index in [0.29, 0.717) is 29.8 Å². The van der Waals surface area contributed by atoms with Crippen molar-refractivity contribution in [3.05, 3.63) is 60.4 Å². The average Bonchev–Trinajstić information content (AvgIpc) is 3.26. The molecule has 1 amide bonds. The normalized spacial score (nSPS) is 10.6. The van der Waals surface area contributed by atoms with Crippen molar-refractivity contribution in [2.24, 2.45) is 0 Å². The monoisotopic (exact) mass is 329 g/mol. The number of carbonyl (C=O) groups is 1. The molecule has 118 valence electrons. The summed E-state index contributed by atoms with van der Waals surface area (Å²) in [6.45, 7) is 0.394. The Labute approximate surface area is 137 Å². The topological polar surface area (TPSA) is 81.2 Å². The first-order chi connectivity index (χ1) is 11.3. The standard InChI is InChI=1S/C16H15N3O3S/c20-14(17-9-13-7-4-8-21-13)10-23-11-15-18-16(19-22-15)12-5-2-1-3-6-12/h1-8H,9-11H2,(H,17,20). The largest absolute Gasteiger partial charge is 0.467 e. The Kier molecular flexibility index (Phi) is 5.10. The van der Waals surface area contributed by atoms with Gasteiger partial charge in [-0.2, -0.15) is 4.98 Å². The van der Waals surface area contributed by atoms with E-state index in [2.05, 4.69) is 15.5 Å². The first kappa shape index (κ1) is 15.4. The van der Waals surface area contributed by atoms with E-state index in [1.54, 1.807) is 12.3 Å². The molecule has 0 unspecified atom stereocenters. The van der Waals surface area contributed by atoms with Crippen molar-refractivity contribution in [3.63, 3.8) is 0 Å². The smallest absolute Gasteiger partial charge is 0.236 e. The lowest BCUT2D eigenvalue weighted by atomic mass is 10.2. The number of nitrogens with one attached hydrogen (secondary N) is 1. The van der Waals surface area contributed by atoms with Gasteiger partial charge in [0.2, 0.25) is 17.6 Å². The number of hydrogen-bond acceptors (Lipinski definition) is 6. The fourth-order valence-corrected chi connectivity index (χ4v) is 2.58. The number of nitrogens with zero attached hydrogens (tertiary/aromatic N) is 2. The van der Waals surface area contributed by atoms with Crippen LogP contribution in [0.1, 0.15) is 11.7 Å². The Balaban J connectivity index is 1.42. The summed E-state index contributed by atoms with van der Waals surface area (Å²) in [4.78, 5) is 16.0. The fraction of sp³-hybridized carbons (Fsp3) is 0.188. The molecule has 23 heavy (non-hydrogen) atoms. The maximum Gasteiger partial charge on any atom is 0.236 e. The number of benzene rings is 1. The van der Waals surface area contributed by atoms with Crippen LogP contribution in [-0.2, 0) is 17.1 Å². The van der Waals surface area contributed by atoms with E-state index < -0.39 is 0 Å². The van der Waals surface area contributed by atoms with Crippen molar-refractivity contribution in [2.45, 2.75) is 12.3 Å². The summed E-state index contributed by atoms with van der Waals surface area (Å²) in [6, 6.07) is 13.2. The predicted octanol–water partition coefficient (Wildman–Crippen LogP) is 2.88. The maximum absolute atomic E-state index is 11.7. The van der Waals surface area contributed by atoms with Gasteiger partial charge in [0.15, 0.2) is 0 Å². The first-order valence-corrected chi connectivity index (χ1v) is 8.21. The molecule has 3 aromatic rings. The quantitative estimate of drug-likeness (QED) is 0.718. The van der Waals surface area contributed by atoms with Crippen molar-refractivity contribution in [1.29, 1.82) is 0 Å². The summed E-state index contributed by atoms with van der Waals surface area (Å²) in [6.07, 6.45) is 1.58. The van der Waals surface area contributed by atoms with Crippen LogP contribution in [0, 0.1) is 0 Å². The Morgan fingerprint density at radius 3 is 2.83 bits per heavy atom. The van der Waals surface area contributed by atoms with Crippen LogP contribution in [-0.4, -0.2) is 21.8 Å². The molecule has 2 heterocycles. The molecule has 7 heteroatoms. The molecule has 0 saturated carbocycles. The van der Waals surface area contributed by atoms with E-state index in [1.807, 2.05) is 36.4 Å². The van der Waals surface area contributed by atoms with Crippen molar-refractivity contribution in [3.8, 4) is 11.4 Å². The van der Waals surface area contributed by atoms with Crippen molar-refractivity contribution in [2.75, 3.05) is 5.75 Å². The number of amides is 1. The average molecular weight is 329 g/mol. The van der Waals surface area contributed by atoms with E-state index in [4.69, 9.17) is 8.94 Å². The van der Waals surface area contributed by atoms with Crippen LogP contribution in [0.25, 0.3) is 11.4 Å². The third-order valence-corrected chi connectivity index (χ3v) is 3.92. The highest BCUT2D eigenvalue weighted by Crippen LogP contribution is 2.17. The predicted molar refractivity (Wildman–Crippen MR) is 86.5 cm³/mol. The van der Waals surface area contributed by atoms with Gasteiger partial charge >= 0.3 is 0 Å². The van der Waals surface area contributed by atoms with Gasteiger partial charge in [-0.05, 0) is 12.1 Å². The minimum atomic E-state index is -0.0609. The number of rotatable bonds is 7. The summed E-state index contributed by atoms with van der Waals surface area (Å²) >= 11 is 1.42. The summed E-state index contributed by atoms with van der Waals surface area (Å²) in [5.74, 6) is 2.55. The molecule has 0 fully saturated rings. The van der Waals surface area contributed by atoms with Crippen LogP contribution < -0.4 is 5.32 Å². The summed E-state index contributed by atoms with van der Waals surface area (Å²) in [5, 5.41) is 6.72. The number of hydrogen-bond donors (Lipinski definition) is 1. The molecule has 1 aromatic carbocycles.